The first-order chi connectivity index (χ1) is 15.2. The van der Waals surface area contributed by atoms with Crippen LogP contribution < -0.4 is 10.9 Å². The fourth-order valence-electron chi connectivity index (χ4n) is 4.05. The fourth-order valence-corrected chi connectivity index (χ4v) is 4.05. The number of piperidine rings is 1. The molecule has 0 bridgehead atoms. The highest BCUT2D eigenvalue weighted by Gasteiger charge is 2.23. The first-order valence-electron chi connectivity index (χ1n) is 11.0. The molecule has 1 aromatic carbocycles. The fraction of sp³-hybridized carbons (Fsp3) is 0.458. The maximum Gasteiger partial charge on any atom is 0.267 e. The van der Waals surface area contributed by atoms with Crippen LogP contribution in [-0.2, 0) is 11.3 Å². The smallest absolute Gasteiger partial charge is 0.267 e. The van der Waals surface area contributed by atoms with Crippen LogP contribution in [0.3, 0.4) is 0 Å². The van der Waals surface area contributed by atoms with Crippen LogP contribution in [0, 0.1) is 11.6 Å². The molecular weight excluding hydrogens is 414 g/mol. The van der Waals surface area contributed by atoms with Crippen molar-refractivity contribution in [3.05, 3.63) is 58.0 Å². The lowest BCUT2D eigenvalue weighted by Crippen LogP contribution is -2.48. The topological polar surface area (TPSA) is 67.2 Å². The van der Waals surface area contributed by atoms with Gasteiger partial charge in [0.1, 0.15) is 6.54 Å². The summed E-state index contributed by atoms with van der Waals surface area (Å²) in [5.41, 5.74) is 0.416. The number of carbonyl (C=O) groups excluding carboxylic acids is 1. The number of carbonyl (C=O) groups is 1. The van der Waals surface area contributed by atoms with Gasteiger partial charge in [-0.1, -0.05) is 33.4 Å². The zero-order valence-corrected chi connectivity index (χ0v) is 18.8. The molecule has 0 spiro atoms. The van der Waals surface area contributed by atoms with Gasteiger partial charge in [0, 0.05) is 29.8 Å². The van der Waals surface area contributed by atoms with Gasteiger partial charge in [0.2, 0.25) is 5.91 Å². The summed E-state index contributed by atoms with van der Waals surface area (Å²) in [7, 11) is 0. The van der Waals surface area contributed by atoms with Crippen LogP contribution in [0.25, 0.3) is 17.2 Å². The molecule has 1 aliphatic heterocycles. The number of likely N-dealkylation sites (tertiary alicyclic amines) is 1. The summed E-state index contributed by atoms with van der Waals surface area (Å²) in [6.45, 7) is 11.9. The molecule has 1 unspecified atom stereocenters. The maximum absolute atomic E-state index is 14.6. The molecule has 1 aromatic heterocycles. The third-order valence-corrected chi connectivity index (χ3v) is 5.76. The average molecular weight is 445 g/mol. The SMILES string of the molecule is C=Cc1cc(F)c(F)c(-c2cc(=O)n(CC(=O)NC3CCCN(CC)C3)nc2C(C)C)c1. The second kappa shape index (κ2) is 10.2. The van der Waals surface area contributed by atoms with Crippen molar-refractivity contribution in [3.8, 4) is 11.1 Å². The van der Waals surface area contributed by atoms with Gasteiger partial charge in [-0.05, 0) is 49.5 Å². The summed E-state index contributed by atoms with van der Waals surface area (Å²) in [6.07, 6.45) is 3.31. The van der Waals surface area contributed by atoms with Crippen LogP contribution >= 0.6 is 0 Å². The Kier molecular flexibility index (Phi) is 7.56. The van der Waals surface area contributed by atoms with Gasteiger partial charge < -0.3 is 10.2 Å². The highest BCUT2D eigenvalue weighted by Crippen LogP contribution is 2.31. The molecule has 32 heavy (non-hydrogen) atoms. The standard InChI is InChI=1S/C24H30F2N4O2/c1-5-16-10-18(23(26)20(25)11-16)19-12-22(32)30(28-24(19)15(3)4)14-21(31)27-17-8-7-9-29(6-2)13-17/h5,10-12,15,17H,1,6-9,13-14H2,2-4H3,(H,27,31). The number of nitrogens with one attached hydrogen (secondary N) is 1. The van der Waals surface area contributed by atoms with Gasteiger partial charge in [0.05, 0.1) is 5.69 Å². The van der Waals surface area contributed by atoms with Gasteiger partial charge in [-0.3, -0.25) is 9.59 Å². The second-order valence-corrected chi connectivity index (χ2v) is 8.46. The first kappa shape index (κ1) is 23.8. The Bertz CT molecular complexity index is 1060. The molecule has 1 N–H and O–H groups in total. The van der Waals surface area contributed by atoms with E-state index in [4.69, 9.17) is 0 Å². The van der Waals surface area contributed by atoms with E-state index in [0.717, 1.165) is 43.2 Å². The second-order valence-electron chi connectivity index (χ2n) is 8.46. The number of halogens is 2. The highest BCUT2D eigenvalue weighted by molar-refractivity contribution is 5.76. The predicted octanol–water partition coefficient (Wildman–Crippen LogP) is 3.56. The Morgan fingerprint density at radius 2 is 2.06 bits per heavy atom. The molecule has 2 aromatic rings. The van der Waals surface area contributed by atoms with Gasteiger partial charge in [0.25, 0.3) is 5.56 Å². The van der Waals surface area contributed by atoms with Crippen LogP contribution in [0.15, 0.2) is 29.6 Å². The normalized spacial score (nSPS) is 16.9. The van der Waals surface area contributed by atoms with Gasteiger partial charge in [-0.15, -0.1) is 0 Å². The van der Waals surface area contributed by atoms with Crippen molar-refractivity contribution >= 4 is 12.0 Å². The van der Waals surface area contributed by atoms with Crippen molar-refractivity contribution < 1.29 is 13.6 Å². The summed E-state index contributed by atoms with van der Waals surface area (Å²) >= 11 is 0. The molecule has 172 valence electrons. The summed E-state index contributed by atoms with van der Waals surface area (Å²) < 4.78 is 29.8. The molecule has 1 aliphatic rings. The Balaban J connectivity index is 1.90. The minimum Gasteiger partial charge on any atom is -0.350 e. The van der Waals surface area contributed by atoms with Gasteiger partial charge in [0.15, 0.2) is 11.6 Å². The summed E-state index contributed by atoms with van der Waals surface area (Å²) in [5.74, 6) is -2.56. The summed E-state index contributed by atoms with van der Waals surface area (Å²) in [6, 6.07) is 3.74. The van der Waals surface area contributed by atoms with Crippen molar-refractivity contribution in [1.82, 2.24) is 20.0 Å². The Hall–Kier alpha value is -2.87. The number of rotatable bonds is 7. The third-order valence-electron chi connectivity index (χ3n) is 5.76. The quantitative estimate of drug-likeness (QED) is 0.709. The van der Waals surface area contributed by atoms with E-state index in [1.54, 1.807) is 0 Å². The van der Waals surface area contributed by atoms with Gasteiger partial charge in [-0.2, -0.15) is 5.10 Å². The van der Waals surface area contributed by atoms with E-state index in [2.05, 4.69) is 28.8 Å². The number of amides is 1. The molecule has 8 heteroatoms. The molecule has 1 amide bonds. The van der Waals surface area contributed by atoms with Crippen molar-refractivity contribution in [1.29, 1.82) is 0 Å². The number of benzene rings is 1. The van der Waals surface area contributed by atoms with Crippen molar-refractivity contribution in [2.75, 3.05) is 19.6 Å². The van der Waals surface area contributed by atoms with Gasteiger partial charge >= 0.3 is 0 Å². The molecule has 0 radical (unpaired) electrons. The van der Waals surface area contributed by atoms with Crippen LogP contribution in [-0.4, -0.2) is 46.3 Å². The molecule has 2 heterocycles. The van der Waals surface area contributed by atoms with Crippen molar-refractivity contribution in [2.45, 2.75) is 52.1 Å². The number of nitrogens with zero attached hydrogens (tertiary/aromatic N) is 3. The number of likely N-dealkylation sites (N-methyl/N-ethyl adjacent to an activating group) is 1. The Morgan fingerprint density at radius 1 is 1.31 bits per heavy atom. The molecule has 0 saturated carbocycles. The number of hydrogen-bond donors (Lipinski definition) is 1. The van der Waals surface area contributed by atoms with Gasteiger partial charge in [-0.25, -0.2) is 13.5 Å². The van der Waals surface area contributed by atoms with Crippen LogP contribution in [0.5, 0.6) is 0 Å². The molecule has 6 nitrogen and oxygen atoms in total. The molecule has 0 aliphatic carbocycles. The van der Waals surface area contributed by atoms with Crippen molar-refractivity contribution in [3.63, 3.8) is 0 Å². The zero-order valence-electron chi connectivity index (χ0n) is 18.8. The molecule has 1 atom stereocenters. The summed E-state index contributed by atoms with van der Waals surface area (Å²) in [5, 5.41) is 7.34. The maximum atomic E-state index is 14.6. The lowest BCUT2D eigenvalue weighted by atomic mass is 9.96. The van der Waals surface area contributed by atoms with Crippen molar-refractivity contribution in [2.24, 2.45) is 0 Å². The van der Waals surface area contributed by atoms with E-state index in [0.29, 0.717) is 11.3 Å². The van der Waals surface area contributed by atoms with E-state index in [1.165, 1.54) is 18.2 Å². The van der Waals surface area contributed by atoms with E-state index in [9.17, 15) is 18.4 Å². The predicted molar refractivity (Wildman–Crippen MR) is 121 cm³/mol. The Morgan fingerprint density at radius 3 is 2.72 bits per heavy atom. The molecule has 1 fully saturated rings. The Labute approximate surface area is 186 Å². The van der Waals surface area contributed by atoms with E-state index in [-0.39, 0.29) is 35.5 Å². The minimum atomic E-state index is -1.05. The van der Waals surface area contributed by atoms with E-state index in [1.807, 2.05) is 13.8 Å². The van der Waals surface area contributed by atoms with E-state index >= 15 is 0 Å². The number of aromatic nitrogens is 2. The van der Waals surface area contributed by atoms with Crippen LogP contribution in [0.4, 0.5) is 8.78 Å². The third kappa shape index (κ3) is 5.30. The van der Waals surface area contributed by atoms with E-state index < -0.39 is 17.2 Å². The summed E-state index contributed by atoms with van der Waals surface area (Å²) in [4.78, 5) is 27.6. The molecular formula is C24H30F2N4O2. The van der Waals surface area contributed by atoms with Crippen LogP contribution in [0.2, 0.25) is 0 Å². The largest absolute Gasteiger partial charge is 0.350 e. The molecule has 1 saturated heterocycles. The van der Waals surface area contributed by atoms with Crippen LogP contribution in [0.1, 0.15) is 50.8 Å². The molecule has 3 rings (SSSR count). The minimum absolute atomic E-state index is 0.0365. The number of hydrogen-bond acceptors (Lipinski definition) is 4. The lowest BCUT2D eigenvalue weighted by Gasteiger charge is -2.32. The monoisotopic (exact) mass is 444 g/mol. The average Bonchev–Trinajstić information content (AvgIpc) is 2.76. The zero-order chi connectivity index (χ0) is 23.4. The lowest BCUT2D eigenvalue weighted by molar-refractivity contribution is -0.123. The highest BCUT2D eigenvalue weighted by atomic mass is 19.2. The first-order valence-corrected chi connectivity index (χ1v) is 11.0.